The molecule has 0 saturated carbocycles. The van der Waals surface area contributed by atoms with Crippen LogP contribution in [0.1, 0.15) is 347 Å². The van der Waals surface area contributed by atoms with Crippen molar-refractivity contribution in [2.75, 3.05) is 7.11 Å². The second-order valence-electron chi connectivity index (χ2n) is 19.9. The Kier molecular flexibility index (Phi) is 54.1. The Balaban J connectivity index is 3.07. The molecule has 0 aromatic heterocycles. The monoisotopic (exact) mass is 861 g/mol. The van der Waals surface area contributed by atoms with Gasteiger partial charge in [-0.1, -0.05) is 321 Å². The molecule has 0 unspecified atom stereocenters. The molecular formula is C57H112O4. The first-order chi connectivity index (χ1) is 30.2. The third kappa shape index (κ3) is 56.9. The van der Waals surface area contributed by atoms with Crippen LogP contribution in [0, 0.1) is 0 Å². The van der Waals surface area contributed by atoms with Crippen molar-refractivity contribution in [3.05, 3.63) is 0 Å². The number of hydrogen-bond donors (Lipinski definition) is 1. The molecule has 0 aromatic rings. The fraction of sp³-hybridized carbons (Fsp3) is 0.965. The van der Waals surface area contributed by atoms with Crippen LogP contribution in [-0.2, 0) is 14.3 Å². The van der Waals surface area contributed by atoms with Gasteiger partial charge in [0.05, 0.1) is 7.11 Å². The Hall–Kier alpha value is -1.06. The van der Waals surface area contributed by atoms with Crippen LogP contribution >= 0.6 is 0 Å². The largest absolute Gasteiger partial charge is 0.481 e. The predicted molar refractivity (Wildman–Crippen MR) is 269 cm³/mol. The number of esters is 1. The van der Waals surface area contributed by atoms with Gasteiger partial charge in [-0.3, -0.25) is 9.59 Å². The highest BCUT2D eigenvalue weighted by molar-refractivity contribution is 5.69. The van der Waals surface area contributed by atoms with Crippen LogP contribution in [-0.4, -0.2) is 24.2 Å². The van der Waals surface area contributed by atoms with Crippen molar-refractivity contribution in [2.45, 2.75) is 347 Å². The van der Waals surface area contributed by atoms with E-state index in [9.17, 15) is 9.59 Å². The number of unbranched alkanes of at least 4 members (excludes halogenated alkanes) is 51. The van der Waals surface area contributed by atoms with Crippen LogP contribution in [0.2, 0.25) is 0 Å². The van der Waals surface area contributed by atoms with Crippen LogP contribution in [0.15, 0.2) is 0 Å². The number of ether oxygens (including phenoxy) is 1. The number of carboxylic acid groups (broad SMARTS) is 1. The molecule has 0 saturated heterocycles. The molecule has 4 nitrogen and oxygen atoms in total. The fourth-order valence-electron chi connectivity index (χ4n) is 9.49. The molecule has 0 rings (SSSR count). The lowest BCUT2D eigenvalue weighted by molar-refractivity contribution is -0.141. The normalized spacial score (nSPS) is 11.5. The molecule has 0 aliphatic carbocycles. The van der Waals surface area contributed by atoms with Crippen molar-refractivity contribution >= 4 is 11.9 Å². The molecule has 0 spiro atoms. The number of rotatable bonds is 55. The molecule has 364 valence electrons. The molecule has 0 aliphatic heterocycles. The third-order valence-electron chi connectivity index (χ3n) is 13.7. The van der Waals surface area contributed by atoms with Crippen molar-refractivity contribution in [3.63, 3.8) is 0 Å². The molecule has 0 radical (unpaired) electrons. The summed E-state index contributed by atoms with van der Waals surface area (Å²) >= 11 is 0. The van der Waals surface area contributed by atoms with Crippen molar-refractivity contribution in [1.82, 2.24) is 0 Å². The van der Waals surface area contributed by atoms with Gasteiger partial charge in [-0.15, -0.1) is 0 Å². The zero-order valence-electron chi connectivity index (χ0n) is 41.9. The minimum Gasteiger partial charge on any atom is -0.481 e. The van der Waals surface area contributed by atoms with Gasteiger partial charge in [0.1, 0.15) is 0 Å². The Bertz CT molecular complexity index is 826. The zero-order valence-corrected chi connectivity index (χ0v) is 41.9. The highest BCUT2D eigenvalue weighted by atomic mass is 16.5. The SMILES string of the molecule is COC(=O)CCCCCCCCCCCCCCCCCCCCCCCCCCCCCCCCCCCCCCCCCCCCCCCCCCCCCCC(=O)O. The van der Waals surface area contributed by atoms with Gasteiger partial charge in [0, 0.05) is 12.8 Å². The highest BCUT2D eigenvalue weighted by Crippen LogP contribution is 2.19. The Morgan fingerprint density at radius 1 is 0.230 bits per heavy atom. The summed E-state index contributed by atoms with van der Waals surface area (Å²) in [5.74, 6) is -0.708. The minimum absolute atomic E-state index is 0.0605. The molecule has 0 atom stereocenters. The van der Waals surface area contributed by atoms with E-state index >= 15 is 0 Å². The average Bonchev–Trinajstić information content (AvgIpc) is 3.26. The first kappa shape index (κ1) is 59.9. The quantitative estimate of drug-likeness (QED) is 0.0489. The Morgan fingerprint density at radius 2 is 0.344 bits per heavy atom. The molecule has 4 heteroatoms. The average molecular weight is 862 g/mol. The maximum Gasteiger partial charge on any atom is 0.305 e. The predicted octanol–water partition coefficient (Wildman–Crippen LogP) is 20.3. The number of carboxylic acids is 1. The van der Waals surface area contributed by atoms with Crippen LogP contribution in [0.5, 0.6) is 0 Å². The second kappa shape index (κ2) is 55.1. The summed E-state index contributed by atoms with van der Waals surface area (Å²) in [5, 5.41) is 8.67. The van der Waals surface area contributed by atoms with E-state index in [-0.39, 0.29) is 5.97 Å². The van der Waals surface area contributed by atoms with Crippen LogP contribution < -0.4 is 0 Å². The Morgan fingerprint density at radius 3 is 0.459 bits per heavy atom. The standard InChI is InChI=1S/C57H112O4/c1-61-57(60)55-53-51-49-47-45-43-41-39-37-35-33-31-29-27-25-23-21-19-17-15-13-11-9-7-5-3-2-4-6-8-10-12-14-16-18-20-22-24-26-28-30-32-34-36-38-40-42-44-46-48-50-52-54-56(58)59/h2-55H2,1H3,(H,58,59). The van der Waals surface area contributed by atoms with Gasteiger partial charge in [-0.25, -0.2) is 0 Å². The van der Waals surface area contributed by atoms with Gasteiger partial charge >= 0.3 is 11.9 Å². The first-order valence-corrected chi connectivity index (χ1v) is 28.5. The highest BCUT2D eigenvalue weighted by Gasteiger charge is 2.01. The number of carbonyl (C=O) groups excluding carboxylic acids is 1. The lowest BCUT2D eigenvalue weighted by atomic mass is 10.0. The molecule has 0 amide bonds. The van der Waals surface area contributed by atoms with E-state index in [2.05, 4.69) is 0 Å². The van der Waals surface area contributed by atoms with Crippen LogP contribution in [0.4, 0.5) is 0 Å². The topological polar surface area (TPSA) is 63.6 Å². The fourth-order valence-corrected chi connectivity index (χ4v) is 9.49. The molecule has 0 fully saturated rings. The number of carbonyl (C=O) groups is 2. The maximum absolute atomic E-state index is 11.1. The molecular weight excluding hydrogens is 749 g/mol. The van der Waals surface area contributed by atoms with E-state index in [0.29, 0.717) is 12.8 Å². The van der Waals surface area contributed by atoms with Gasteiger partial charge in [0.25, 0.3) is 0 Å². The molecule has 0 bridgehead atoms. The van der Waals surface area contributed by atoms with Gasteiger partial charge < -0.3 is 9.84 Å². The zero-order chi connectivity index (χ0) is 44.0. The Labute approximate surface area is 383 Å². The second-order valence-corrected chi connectivity index (χ2v) is 19.9. The number of aliphatic carboxylic acids is 1. The van der Waals surface area contributed by atoms with E-state index in [4.69, 9.17) is 9.84 Å². The lowest BCUT2D eigenvalue weighted by Gasteiger charge is -2.05. The number of hydrogen-bond acceptors (Lipinski definition) is 3. The van der Waals surface area contributed by atoms with Crippen LogP contribution in [0.3, 0.4) is 0 Å². The first-order valence-electron chi connectivity index (χ1n) is 28.5. The summed E-state index contributed by atoms with van der Waals surface area (Å²) in [4.78, 5) is 21.6. The summed E-state index contributed by atoms with van der Waals surface area (Å²) in [6, 6.07) is 0. The summed E-state index contributed by atoms with van der Waals surface area (Å²) in [5.41, 5.74) is 0. The summed E-state index contributed by atoms with van der Waals surface area (Å²) in [6.07, 6.45) is 74.1. The molecule has 1 N–H and O–H groups in total. The van der Waals surface area contributed by atoms with Crippen LogP contribution in [0.25, 0.3) is 0 Å². The third-order valence-corrected chi connectivity index (χ3v) is 13.7. The summed E-state index contributed by atoms with van der Waals surface area (Å²) in [6.45, 7) is 0. The van der Waals surface area contributed by atoms with E-state index in [1.165, 1.54) is 322 Å². The van der Waals surface area contributed by atoms with Gasteiger partial charge in [-0.2, -0.15) is 0 Å². The lowest BCUT2D eigenvalue weighted by Crippen LogP contribution is -1.99. The van der Waals surface area contributed by atoms with Crippen molar-refractivity contribution in [2.24, 2.45) is 0 Å². The minimum atomic E-state index is -0.648. The van der Waals surface area contributed by atoms with Gasteiger partial charge in [0.2, 0.25) is 0 Å². The van der Waals surface area contributed by atoms with E-state index < -0.39 is 5.97 Å². The molecule has 0 aromatic carbocycles. The summed E-state index contributed by atoms with van der Waals surface area (Å²) < 4.78 is 4.70. The smallest absolute Gasteiger partial charge is 0.305 e. The van der Waals surface area contributed by atoms with Gasteiger partial charge in [0.15, 0.2) is 0 Å². The van der Waals surface area contributed by atoms with Crippen molar-refractivity contribution < 1.29 is 19.4 Å². The molecule has 0 aliphatic rings. The molecule has 61 heavy (non-hydrogen) atoms. The summed E-state index contributed by atoms with van der Waals surface area (Å²) in [7, 11) is 1.48. The number of methoxy groups -OCH3 is 1. The van der Waals surface area contributed by atoms with E-state index in [0.717, 1.165) is 19.3 Å². The van der Waals surface area contributed by atoms with Crippen molar-refractivity contribution in [3.8, 4) is 0 Å². The molecule has 0 heterocycles. The van der Waals surface area contributed by atoms with E-state index in [1.807, 2.05) is 0 Å². The van der Waals surface area contributed by atoms with Gasteiger partial charge in [-0.05, 0) is 12.8 Å². The van der Waals surface area contributed by atoms with Crippen molar-refractivity contribution in [1.29, 1.82) is 0 Å². The van der Waals surface area contributed by atoms with E-state index in [1.54, 1.807) is 0 Å². The maximum atomic E-state index is 11.1.